The second-order valence-corrected chi connectivity index (χ2v) is 5.38. The van der Waals surface area contributed by atoms with Crippen molar-refractivity contribution in [2.45, 2.75) is 12.6 Å². The number of halogens is 4. The molecule has 1 fully saturated rings. The van der Waals surface area contributed by atoms with E-state index in [1.54, 1.807) is 0 Å². The summed E-state index contributed by atoms with van der Waals surface area (Å²) < 4.78 is 49.4. The zero-order valence-electron chi connectivity index (χ0n) is 12.7. The van der Waals surface area contributed by atoms with Crippen molar-refractivity contribution in [2.24, 2.45) is 0 Å². The van der Waals surface area contributed by atoms with Gasteiger partial charge in [0.2, 0.25) is 11.8 Å². The third-order valence-electron chi connectivity index (χ3n) is 3.58. The van der Waals surface area contributed by atoms with E-state index in [0.29, 0.717) is 5.56 Å². The summed E-state index contributed by atoms with van der Waals surface area (Å²) in [7, 11) is 0. The zero-order valence-corrected chi connectivity index (χ0v) is 12.7. The molecule has 1 aliphatic rings. The van der Waals surface area contributed by atoms with Crippen molar-refractivity contribution in [3.05, 3.63) is 41.7 Å². The Labute approximate surface area is 136 Å². The SMILES string of the molecule is O=C(C=Cc1ccc(F)cc1)N1CCN(C(=O)CC(F)(F)F)CC1. The molecule has 1 saturated heterocycles. The Hall–Kier alpha value is -2.38. The van der Waals surface area contributed by atoms with Crippen LogP contribution in [0, 0.1) is 5.82 Å². The van der Waals surface area contributed by atoms with Crippen molar-refractivity contribution in [3.63, 3.8) is 0 Å². The maximum absolute atomic E-state index is 12.8. The van der Waals surface area contributed by atoms with Crippen LogP contribution in [0.3, 0.4) is 0 Å². The molecule has 4 nitrogen and oxygen atoms in total. The van der Waals surface area contributed by atoms with Crippen LogP contribution in [0.15, 0.2) is 30.3 Å². The van der Waals surface area contributed by atoms with E-state index in [0.717, 1.165) is 4.90 Å². The second kappa shape index (κ2) is 7.46. The minimum absolute atomic E-state index is 0.0744. The summed E-state index contributed by atoms with van der Waals surface area (Å²) in [5.41, 5.74) is 0.656. The Bertz CT molecular complexity index is 618. The summed E-state index contributed by atoms with van der Waals surface area (Å²) in [6.45, 7) is 0.502. The molecule has 0 radical (unpaired) electrons. The number of hydrogen-bond acceptors (Lipinski definition) is 2. The summed E-state index contributed by atoms with van der Waals surface area (Å²) in [5, 5.41) is 0. The van der Waals surface area contributed by atoms with Crippen LogP contribution in [0.25, 0.3) is 6.08 Å². The van der Waals surface area contributed by atoms with Gasteiger partial charge in [0.25, 0.3) is 0 Å². The third-order valence-corrected chi connectivity index (χ3v) is 3.58. The van der Waals surface area contributed by atoms with Gasteiger partial charge in [-0.3, -0.25) is 9.59 Å². The van der Waals surface area contributed by atoms with E-state index in [1.165, 1.54) is 41.3 Å². The molecule has 0 saturated carbocycles. The van der Waals surface area contributed by atoms with Gasteiger partial charge in [-0.05, 0) is 23.8 Å². The molecule has 1 aromatic rings. The summed E-state index contributed by atoms with van der Waals surface area (Å²) >= 11 is 0. The molecule has 1 heterocycles. The molecule has 1 aromatic carbocycles. The molecule has 0 atom stereocenters. The average Bonchev–Trinajstić information content (AvgIpc) is 2.52. The average molecular weight is 344 g/mol. The molecule has 0 unspecified atom stereocenters. The predicted octanol–water partition coefficient (Wildman–Crippen LogP) is 2.46. The van der Waals surface area contributed by atoms with Crippen LogP contribution in [0.5, 0.6) is 0 Å². The summed E-state index contributed by atoms with van der Waals surface area (Å²) in [6, 6.07) is 5.59. The summed E-state index contributed by atoms with van der Waals surface area (Å²) in [4.78, 5) is 26.1. The number of carbonyl (C=O) groups excluding carboxylic acids is 2. The van der Waals surface area contributed by atoms with Gasteiger partial charge in [0.1, 0.15) is 12.2 Å². The van der Waals surface area contributed by atoms with E-state index >= 15 is 0 Å². The lowest BCUT2D eigenvalue weighted by Gasteiger charge is -2.34. The fourth-order valence-electron chi connectivity index (χ4n) is 2.31. The molecule has 0 aliphatic carbocycles. The molecule has 2 rings (SSSR count). The van der Waals surface area contributed by atoms with Gasteiger partial charge in [-0.1, -0.05) is 12.1 Å². The first-order chi connectivity index (χ1) is 11.2. The first-order valence-corrected chi connectivity index (χ1v) is 7.32. The van der Waals surface area contributed by atoms with Crippen molar-refractivity contribution >= 4 is 17.9 Å². The molecule has 2 amide bonds. The fourth-order valence-corrected chi connectivity index (χ4v) is 2.31. The smallest absolute Gasteiger partial charge is 0.339 e. The van der Waals surface area contributed by atoms with E-state index in [4.69, 9.17) is 0 Å². The van der Waals surface area contributed by atoms with Gasteiger partial charge in [0.05, 0.1) is 0 Å². The molecular weight excluding hydrogens is 328 g/mol. The second-order valence-electron chi connectivity index (χ2n) is 5.38. The van der Waals surface area contributed by atoms with E-state index in [-0.39, 0.29) is 37.9 Å². The molecule has 0 N–H and O–H groups in total. The Balaban J connectivity index is 1.84. The monoisotopic (exact) mass is 344 g/mol. The molecule has 0 spiro atoms. The van der Waals surface area contributed by atoms with E-state index in [2.05, 4.69) is 0 Å². The van der Waals surface area contributed by atoms with E-state index in [9.17, 15) is 27.2 Å². The molecule has 8 heteroatoms. The first-order valence-electron chi connectivity index (χ1n) is 7.32. The van der Waals surface area contributed by atoms with Crippen molar-refractivity contribution in [3.8, 4) is 0 Å². The van der Waals surface area contributed by atoms with Gasteiger partial charge in [-0.25, -0.2) is 4.39 Å². The Morgan fingerprint density at radius 3 is 2.08 bits per heavy atom. The van der Waals surface area contributed by atoms with Crippen LogP contribution in [0.2, 0.25) is 0 Å². The van der Waals surface area contributed by atoms with Crippen molar-refractivity contribution in [1.82, 2.24) is 9.80 Å². The van der Waals surface area contributed by atoms with Crippen LogP contribution in [0.4, 0.5) is 17.6 Å². The van der Waals surface area contributed by atoms with E-state index < -0.39 is 18.5 Å². The first kappa shape index (κ1) is 18.0. The zero-order chi connectivity index (χ0) is 17.7. The number of rotatable bonds is 3. The number of nitrogens with zero attached hydrogens (tertiary/aromatic N) is 2. The van der Waals surface area contributed by atoms with Crippen molar-refractivity contribution < 1.29 is 27.2 Å². The lowest BCUT2D eigenvalue weighted by molar-refractivity contribution is -0.163. The quantitative estimate of drug-likeness (QED) is 0.624. The lowest BCUT2D eigenvalue weighted by Crippen LogP contribution is -2.50. The molecule has 0 bridgehead atoms. The van der Waals surface area contributed by atoms with Gasteiger partial charge >= 0.3 is 6.18 Å². The van der Waals surface area contributed by atoms with Crippen LogP contribution in [-0.4, -0.2) is 54.0 Å². The Morgan fingerprint density at radius 2 is 1.54 bits per heavy atom. The van der Waals surface area contributed by atoms with Gasteiger partial charge in [-0.2, -0.15) is 13.2 Å². The van der Waals surface area contributed by atoms with Gasteiger partial charge in [0.15, 0.2) is 0 Å². The van der Waals surface area contributed by atoms with Gasteiger partial charge in [-0.15, -0.1) is 0 Å². The molecule has 0 aromatic heterocycles. The maximum atomic E-state index is 12.8. The molecule has 1 aliphatic heterocycles. The molecule has 24 heavy (non-hydrogen) atoms. The Morgan fingerprint density at radius 1 is 1.00 bits per heavy atom. The normalized spacial score (nSPS) is 15.8. The standard InChI is InChI=1S/C16H16F4N2O2/c17-13-4-1-12(2-5-13)3-6-14(23)21-7-9-22(10-8-21)15(24)11-16(18,19)20/h1-6H,7-11H2. The van der Waals surface area contributed by atoms with Crippen LogP contribution in [0.1, 0.15) is 12.0 Å². The number of alkyl halides is 3. The van der Waals surface area contributed by atoms with Crippen LogP contribution >= 0.6 is 0 Å². The summed E-state index contributed by atoms with van der Waals surface area (Å²) in [6.07, 6.45) is -3.16. The minimum Gasteiger partial charge on any atom is -0.339 e. The highest BCUT2D eigenvalue weighted by atomic mass is 19.4. The fraction of sp³-hybridized carbons (Fsp3) is 0.375. The minimum atomic E-state index is -4.53. The number of benzene rings is 1. The highest BCUT2D eigenvalue weighted by molar-refractivity contribution is 5.92. The molecular formula is C16H16F4N2O2. The number of carbonyl (C=O) groups is 2. The van der Waals surface area contributed by atoms with Gasteiger partial charge in [0, 0.05) is 32.3 Å². The third kappa shape index (κ3) is 5.36. The topological polar surface area (TPSA) is 40.6 Å². The summed E-state index contributed by atoms with van der Waals surface area (Å²) in [5.74, 6) is -1.66. The number of piperazine rings is 1. The van der Waals surface area contributed by atoms with Crippen molar-refractivity contribution in [2.75, 3.05) is 26.2 Å². The van der Waals surface area contributed by atoms with Crippen LogP contribution in [-0.2, 0) is 9.59 Å². The van der Waals surface area contributed by atoms with Gasteiger partial charge < -0.3 is 9.80 Å². The Kier molecular flexibility index (Phi) is 5.58. The predicted molar refractivity (Wildman–Crippen MR) is 79.3 cm³/mol. The maximum Gasteiger partial charge on any atom is 0.397 e. The highest BCUT2D eigenvalue weighted by Crippen LogP contribution is 2.21. The number of hydrogen-bond donors (Lipinski definition) is 0. The number of amides is 2. The van der Waals surface area contributed by atoms with Crippen LogP contribution < -0.4 is 0 Å². The van der Waals surface area contributed by atoms with Crippen molar-refractivity contribution in [1.29, 1.82) is 0 Å². The van der Waals surface area contributed by atoms with E-state index in [1.807, 2.05) is 0 Å². The lowest BCUT2D eigenvalue weighted by atomic mass is 10.2. The molecule has 130 valence electrons. The highest BCUT2D eigenvalue weighted by Gasteiger charge is 2.34. The largest absolute Gasteiger partial charge is 0.397 e.